The van der Waals surface area contributed by atoms with Gasteiger partial charge in [-0.3, -0.25) is 0 Å². The summed E-state index contributed by atoms with van der Waals surface area (Å²) in [6.45, 7) is 6.30. The first-order valence-electron chi connectivity index (χ1n) is 5.74. The molecule has 0 radical (unpaired) electrons. The van der Waals surface area contributed by atoms with Crippen LogP contribution in [0.2, 0.25) is 0 Å². The van der Waals surface area contributed by atoms with Gasteiger partial charge in [-0.2, -0.15) is 5.26 Å². The molecule has 0 bridgehead atoms. The first kappa shape index (κ1) is 13.3. The molecule has 0 atom stereocenters. The summed E-state index contributed by atoms with van der Waals surface area (Å²) < 4.78 is 5.44. The lowest BCUT2D eigenvalue weighted by Crippen LogP contribution is -2.12. The predicted octanol–water partition coefficient (Wildman–Crippen LogP) is 2.22. The van der Waals surface area contributed by atoms with Crippen LogP contribution in [0.4, 0.5) is 11.4 Å². The molecule has 0 saturated heterocycles. The molecule has 1 rings (SSSR count). The Hall–Kier alpha value is -1.73. The van der Waals surface area contributed by atoms with Crippen molar-refractivity contribution in [2.75, 3.05) is 30.8 Å². The molecule has 0 aliphatic rings. The number of ether oxygens (including phenoxy) is 1. The highest BCUT2D eigenvalue weighted by atomic mass is 16.5. The second-order valence-corrected chi connectivity index (χ2v) is 4.31. The number of hydrogen-bond acceptors (Lipinski definition) is 4. The van der Waals surface area contributed by atoms with Gasteiger partial charge in [0.1, 0.15) is 6.07 Å². The molecular weight excluding hydrogens is 214 g/mol. The fraction of sp³-hybridized carbons (Fsp3) is 0.462. The van der Waals surface area contributed by atoms with Crippen molar-refractivity contribution in [3.8, 4) is 6.07 Å². The van der Waals surface area contributed by atoms with E-state index in [1.165, 1.54) is 0 Å². The van der Waals surface area contributed by atoms with Crippen molar-refractivity contribution in [3.63, 3.8) is 0 Å². The Morgan fingerprint density at radius 1 is 1.47 bits per heavy atom. The summed E-state index contributed by atoms with van der Waals surface area (Å²) in [4.78, 5) is 0. The molecule has 0 aliphatic carbocycles. The van der Waals surface area contributed by atoms with Gasteiger partial charge >= 0.3 is 0 Å². The lowest BCUT2D eigenvalue weighted by Gasteiger charge is -2.10. The van der Waals surface area contributed by atoms with E-state index in [2.05, 4.69) is 25.2 Å². The van der Waals surface area contributed by atoms with E-state index in [1.54, 1.807) is 12.1 Å². The Balaban J connectivity index is 2.39. The number of hydrogen-bond donors (Lipinski definition) is 2. The zero-order valence-corrected chi connectivity index (χ0v) is 10.4. The molecule has 1 aromatic rings. The average molecular weight is 233 g/mol. The third-order valence-electron chi connectivity index (χ3n) is 2.18. The van der Waals surface area contributed by atoms with Crippen LogP contribution >= 0.6 is 0 Å². The van der Waals surface area contributed by atoms with Crippen LogP contribution < -0.4 is 11.1 Å². The van der Waals surface area contributed by atoms with Gasteiger partial charge in [-0.05, 0) is 24.1 Å². The predicted molar refractivity (Wildman–Crippen MR) is 69.7 cm³/mol. The van der Waals surface area contributed by atoms with E-state index in [-0.39, 0.29) is 0 Å². The van der Waals surface area contributed by atoms with Crippen molar-refractivity contribution >= 4 is 11.4 Å². The number of benzene rings is 1. The molecule has 0 saturated carbocycles. The van der Waals surface area contributed by atoms with Gasteiger partial charge < -0.3 is 15.8 Å². The molecule has 92 valence electrons. The van der Waals surface area contributed by atoms with Gasteiger partial charge in [0.15, 0.2) is 0 Å². The Labute approximate surface area is 102 Å². The monoisotopic (exact) mass is 233 g/mol. The lowest BCUT2D eigenvalue weighted by atomic mass is 10.2. The second kappa shape index (κ2) is 6.77. The molecule has 1 aromatic carbocycles. The lowest BCUT2D eigenvalue weighted by molar-refractivity contribution is 0.118. The van der Waals surface area contributed by atoms with Crippen LogP contribution in [0.15, 0.2) is 18.2 Å². The molecule has 0 amide bonds. The maximum atomic E-state index is 8.94. The van der Waals surface area contributed by atoms with Gasteiger partial charge in [-0.1, -0.05) is 13.8 Å². The molecule has 0 fully saturated rings. The van der Waals surface area contributed by atoms with Crippen molar-refractivity contribution in [3.05, 3.63) is 23.8 Å². The molecule has 4 nitrogen and oxygen atoms in total. The Morgan fingerprint density at radius 3 is 2.88 bits per heavy atom. The summed E-state index contributed by atoms with van der Waals surface area (Å²) in [5, 5.41) is 12.1. The first-order chi connectivity index (χ1) is 8.13. The van der Waals surface area contributed by atoms with Crippen molar-refractivity contribution in [1.82, 2.24) is 0 Å². The highest BCUT2D eigenvalue weighted by Crippen LogP contribution is 2.17. The third-order valence-corrected chi connectivity index (χ3v) is 2.18. The first-order valence-corrected chi connectivity index (χ1v) is 5.74. The number of nitrogens with two attached hydrogens (primary N) is 1. The minimum Gasteiger partial charge on any atom is -0.399 e. The average Bonchev–Trinajstić information content (AvgIpc) is 2.29. The smallest absolute Gasteiger partial charge is 0.101 e. The van der Waals surface area contributed by atoms with E-state index in [4.69, 9.17) is 15.7 Å². The van der Waals surface area contributed by atoms with Crippen molar-refractivity contribution in [2.45, 2.75) is 13.8 Å². The maximum absolute atomic E-state index is 8.94. The number of nitrogen functional groups attached to an aromatic ring is 1. The zero-order valence-electron chi connectivity index (χ0n) is 10.4. The number of anilines is 2. The third kappa shape index (κ3) is 4.75. The van der Waals surface area contributed by atoms with E-state index in [0.29, 0.717) is 30.3 Å². The van der Waals surface area contributed by atoms with Gasteiger partial charge in [0.05, 0.1) is 17.9 Å². The summed E-state index contributed by atoms with van der Waals surface area (Å²) >= 11 is 0. The Morgan fingerprint density at radius 2 is 2.24 bits per heavy atom. The molecule has 0 aliphatic heterocycles. The molecule has 4 heteroatoms. The summed E-state index contributed by atoms with van der Waals surface area (Å²) in [7, 11) is 0. The van der Waals surface area contributed by atoms with E-state index in [0.717, 1.165) is 12.3 Å². The molecule has 17 heavy (non-hydrogen) atoms. The molecule has 0 heterocycles. The number of nitriles is 1. The van der Waals surface area contributed by atoms with Crippen LogP contribution in [-0.4, -0.2) is 19.8 Å². The highest BCUT2D eigenvalue weighted by molar-refractivity contribution is 5.62. The fourth-order valence-corrected chi connectivity index (χ4v) is 1.39. The standard InChI is InChI=1S/C13H19N3O/c1-10(2)9-17-6-5-16-13-4-3-12(15)7-11(13)8-14/h3-4,7,10,16H,5-6,9,15H2,1-2H3. The topological polar surface area (TPSA) is 71.1 Å². The SMILES string of the molecule is CC(C)COCCNc1ccc(N)cc1C#N. The van der Waals surface area contributed by atoms with Gasteiger partial charge in [0.25, 0.3) is 0 Å². The van der Waals surface area contributed by atoms with Crippen LogP contribution in [0, 0.1) is 17.2 Å². The van der Waals surface area contributed by atoms with Crippen LogP contribution in [-0.2, 0) is 4.74 Å². The molecule has 0 unspecified atom stereocenters. The minimum atomic E-state index is 0.543. The normalized spacial score (nSPS) is 10.2. The second-order valence-electron chi connectivity index (χ2n) is 4.31. The van der Waals surface area contributed by atoms with E-state index >= 15 is 0 Å². The summed E-state index contributed by atoms with van der Waals surface area (Å²) in [5.41, 5.74) is 7.57. The van der Waals surface area contributed by atoms with Crippen molar-refractivity contribution < 1.29 is 4.74 Å². The summed E-state index contributed by atoms with van der Waals surface area (Å²) in [6.07, 6.45) is 0. The number of rotatable bonds is 6. The Kier molecular flexibility index (Phi) is 5.31. The van der Waals surface area contributed by atoms with Gasteiger partial charge in [-0.25, -0.2) is 0 Å². The van der Waals surface area contributed by atoms with Gasteiger partial charge in [0.2, 0.25) is 0 Å². The van der Waals surface area contributed by atoms with E-state index in [9.17, 15) is 0 Å². The zero-order chi connectivity index (χ0) is 12.7. The van der Waals surface area contributed by atoms with Crippen LogP contribution in [0.5, 0.6) is 0 Å². The van der Waals surface area contributed by atoms with Crippen molar-refractivity contribution in [1.29, 1.82) is 5.26 Å². The number of nitrogens with one attached hydrogen (secondary N) is 1. The van der Waals surface area contributed by atoms with Crippen molar-refractivity contribution in [2.24, 2.45) is 5.92 Å². The summed E-state index contributed by atoms with van der Waals surface area (Å²) in [5.74, 6) is 0.543. The van der Waals surface area contributed by atoms with Gasteiger partial charge in [-0.15, -0.1) is 0 Å². The number of nitrogens with zero attached hydrogens (tertiary/aromatic N) is 1. The maximum Gasteiger partial charge on any atom is 0.101 e. The molecule has 0 aromatic heterocycles. The van der Waals surface area contributed by atoms with Crippen LogP contribution in [0.3, 0.4) is 0 Å². The van der Waals surface area contributed by atoms with Crippen LogP contribution in [0.25, 0.3) is 0 Å². The van der Waals surface area contributed by atoms with Crippen LogP contribution in [0.1, 0.15) is 19.4 Å². The largest absolute Gasteiger partial charge is 0.399 e. The van der Waals surface area contributed by atoms with E-state index < -0.39 is 0 Å². The molecule has 3 N–H and O–H groups in total. The quantitative estimate of drug-likeness (QED) is 0.584. The van der Waals surface area contributed by atoms with E-state index in [1.807, 2.05) is 6.07 Å². The minimum absolute atomic E-state index is 0.543. The fourth-order valence-electron chi connectivity index (χ4n) is 1.39. The highest BCUT2D eigenvalue weighted by Gasteiger charge is 2.01. The van der Waals surface area contributed by atoms with Gasteiger partial charge in [0, 0.05) is 18.8 Å². The summed E-state index contributed by atoms with van der Waals surface area (Å²) in [6, 6.07) is 7.37. The molecule has 0 spiro atoms. The molecular formula is C13H19N3O. The Bertz CT molecular complexity index is 396.